The molecule has 8 nitrogen and oxygen atoms in total. The first kappa shape index (κ1) is 11.9. The molecule has 3 rings (SSSR count). The summed E-state index contributed by atoms with van der Waals surface area (Å²) in [6.45, 7) is 0. The van der Waals surface area contributed by atoms with E-state index < -0.39 is 38.4 Å². The molecule has 98 valence electrons. The molecule has 1 aliphatic carbocycles. The van der Waals surface area contributed by atoms with Gasteiger partial charge in [-0.2, -0.15) is 0 Å². The van der Waals surface area contributed by atoms with E-state index in [2.05, 4.69) is 0 Å². The van der Waals surface area contributed by atoms with Crippen LogP contribution in [0.25, 0.3) is 10.8 Å². The molecule has 0 aromatic heterocycles. The van der Waals surface area contributed by atoms with Gasteiger partial charge in [-0.1, -0.05) is 18.2 Å². The lowest BCUT2D eigenvalue weighted by molar-refractivity contribution is -0.422. The van der Waals surface area contributed by atoms with Gasteiger partial charge in [-0.25, -0.2) is 0 Å². The van der Waals surface area contributed by atoms with Crippen LogP contribution in [0, 0.1) is 20.2 Å². The van der Waals surface area contributed by atoms with E-state index >= 15 is 0 Å². The van der Waals surface area contributed by atoms with E-state index in [1.54, 1.807) is 0 Å². The van der Waals surface area contributed by atoms with Crippen molar-refractivity contribution in [2.75, 3.05) is 0 Å². The summed E-state index contributed by atoms with van der Waals surface area (Å²) in [6.07, 6.45) is 0. The van der Waals surface area contributed by atoms with E-state index in [1.165, 1.54) is 18.2 Å². The molecule has 0 unspecified atom stereocenters. The Balaban J connectivity index is 2.60. The van der Waals surface area contributed by atoms with Crippen molar-refractivity contribution >= 4 is 33.7 Å². The lowest BCUT2D eigenvalue weighted by Crippen LogP contribution is -2.09. The van der Waals surface area contributed by atoms with E-state index in [0.29, 0.717) is 0 Å². The van der Waals surface area contributed by atoms with E-state index in [-0.39, 0.29) is 16.3 Å². The Kier molecular flexibility index (Phi) is 2.18. The summed E-state index contributed by atoms with van der Waals surface area (Å²) in [6, 6.07) is 5.30. The zero-order chi connectivity index (χ0) is 14.6. The molecule has 0 bridgehead atoms. The number of rotatable bonds is 2. The predicted octanol–water partition coefficient (Wildman–Crippen LogP) is 2.04. The summed E-state index contributed by atoms with van der Waals surface area (Å²) in [4.78, 5) is 43.8. The van der Waals surface area contributed by atoms with Gasteiger partial charge < -0.3 is 0 Å². The number of Topliss-reactive ketones (excluding diaryl/α,β-unsaturated/α-hetero) is 2. The van der Waals surface area contributed by atoms with Crippen LogP contribution in [0.15, 0.2) is 24.3 Å². The molecular formula is C12H4N2O6. The molecule has 0 amide bonds. The first-order valence-electron chi connectivity index (χ1n) is 5.41. The van der Waals surface area contributed by atoms with Gasteiger partial charge in [-0.05, 0) is 5.39 Å². The number of carbonyl (C=O) groups is 2. The Bertz CT molecular complexity index is 855. The average molecular weight is 272 g/mol. The third kappa shape index (κ3) is 1.30. The van der Waals surface area contributed by atoms with E-state index in [1.807, 2.05) is 0 Å². The smallest absolute Gasteiger partial charge is 0.285 e. The predicted molar refractivity (Wildman–Crippen MR) is 65.9 cm³/mol. The quantitative estimate of drug-likeness (QED) is 0.468. The van der Waals surface area contributed by atoms with Crippen LogP contribution in [-0.4, -0.2) is 21.4 Å². The van der Waals surface area contributed by atoms with Crippen LogP contribution >= 0.6 is 0 Å². The van der Waals surface area contributed by atoms with Gasteiger partial charge in [0.25, 0.3) is 0 Å². The van der Waals surface area contributed by atoms with Crippen LogP contribution in [0.3, 0.4) is 0 Å². The van der Waals surface area contributed by atoms with Crippen molar-refractivity contribution in [3.8, 4) is 0 Å². The van der Waals surface area contributed by atoms with Crippen LogP contribution < -0.4 is 0 Å². The average Bonchev–Trinajstić information content (AvgIpc) is 2.65. The number of hydrogen-bond acceptors (Lipinski definition) is 6. The fourth-order valence-corrected chi connectivity index (χ4v) is 2.40. The normalized spacial score (nSPS) is 13.0. The lowest BCUT2D eigenvalue weighted by atomic mass is 10.0. The van der Waals surface area contributed by atoms with Gasteiger partial charge in [0.1, 0.15) is 5.56 Å². The third-order valence-electron chi connectivity index (χ3n) is 3.18. The van der Waals surface area contributed by atoms with Gasteiger partial charge in [-0.3, -0.25) is 29.8 Å². The second-order valence-electron chi connectivity index (χ2n) is 4.20. The second-order valence-corrected chi connectivity index (χ2v) is 4.20. The molecule has 0 N–H and O–H groups in total. The summed E-state index contributed by atoms with van der Waals surface area (Å²) < 4.78 is 0. The maximum atomic E-state index is 11.9. The SMILES string of the molecule is O=C1C(=O)c2c([N+](=O)[O-])c([N+](=O)[O-])cc3cccc1c23. The highest BCUT2D eigenvalue weighted by Gasteiger charge is 2.42. The summed E-state index contributed by atoms with van der Waals surface area (Å²) in [5.41, 5.74) is -2.16. The maximum absolute atomic E-state index is 11.9. The van der Waals surface area contributed by atoms with Gasteiger partial charge in [0.05, 0.1) is 9.85 Å². The number of nitrogens with zero attached hydrogens (tertiary/aromatic N) is 2. The molecule has 0 atom stereocenters. The van der Waals surface area contributed by atoms with E-state index in [9.17, 15) is 29.8 Å². The summed E-state index contributed by atoms with van der Waals surface area (Å²) in [5, 5.41) is 22.4. The molecule has 2 aromatic rings. The van der Waals surface area contributed by atoms with Crippen molar-refractivity contribution < 1.29 is 19.4 Å². The van der Waals surface area contributed by atoms with Crippen LogP contribution in [0.4, 0.5) is 11.4 Å². The number of carbonyl (C=O) groups excluding carboxylic acids is 2. The minimum Gasteiger partial charge on any atom is -0.285 e. The van der Waals surface area contributed by atoms with Crippen LogP contribution in [0.2, 0.25) is 0 Å². The fraction of sp³-hybridized carbons (Fsp3) is 0. The molecule has 0 fully saturated rings. The number of nitro benzene ring substituents is 2. The molecule has 0 saturated carbocycles. The molecule has 0 heterocycles. The lowest BCUT2D eigenvalue weighted by Gasteiger charge is -2.02. The standard InChI is InChI=1S/C12H4N2O6/c15-11-6-3-1-2-5-4-7(13(17)18)10(14(19)20)9(8(5)6)12(11)16/h1-4H. The molecule has 0 spiro atoms. The highest BCUT2D eigenvalue weighted by molar-refractivity contribution is 6.58. The first-order chi connectivity index (χ1) is 9.43. The molecule has 0 aliphatic heterocycles. The number of benzene rings is 2. The van der Waals surface area contributed by atoms with Crippen molar-refractivity contribution in [3.05, 3.63) is 55.6 Å². The second kappa shape index (κ2) is 3.67. The van der Waals surface area contributed by atoms with Crippen molar-refractivity contribution in [1.82, 2.24) is 0 Å². The Morgan fingerprint density at radius 1 is 0.950 bits per heavy atom. The first-order valence-corrected chi connectivity index (χ1v) is 5.41. The zero-order valence-corrected chi connectivity index (χ0v) is 9.65. The maximum Gasteiger partial charge on any atom is 0.357 e. The minimum atomic E-state index is -1.08. The molecule has 1 aliphatic rings. The molecule has 0 saturated heterocycles. The summed E-state index contributed by atoms with van der Waals surface area (Å²) >= 11 is 0. The summed E-state index contributed by atoms with van der Waals surface area (Å²) in [7, 11) is 0. The Hall–Kier alpha value is -3.16. The van der Waals surface area contributed by atoms with Crippen molar-refractivity contribution in [2.45, 2.75) is 0 Å². The molecule has 20 heavy (non-hydrogen) atoms. The van der Waals surface area contributed by atoms with Gasteiger partial charge in [0, 0.05) is 17.0 Å². The van der Waals surface area contributed by atoms with Gasteiger partial charge in [0.2, 0.25) is 11.6 Å². The van der Waals surface area contributed by atoms with Crippen LogP contribution in [0.1, 0.15) is 20.7 Å². The van der Waals surface area contributed by atoms with Crippen LogP contribution in [-0.2, 0) is 0 Å². The highest BCUT2D eigenvalue weighted by atomic mass is 16.6. The Morgan fingerprint density at radius 2 is 1.65 bits per heavy atom. The minimum absolute atomic E-state index is 0.0421. The monoisotopic (exact) mass is 272 g/mol. The molecule has 8 heteroatoms. The number of nitro groups is 2. The third-order valence-corrected chi connectivity index (χ3v) is 3.18. The van der Waals surface area contributed by atoms with E-state index in [0.717, 1.165) is 6.07 Å². The molecular weight excluding hydrogens is 268 g/mol. The van der Waals surface area contributed by atoms with Crippen molar-refractivity contribution in [2.24, 2.45) is 0 Å². The van der Waals surface area contributed by atoms with Crippen molar-refractivity contribution in [1.29, 1.82) is 0 Å². The largest absolute Gasteiger partial charge is 0.357 e. The summed E-state index contributed by atoms with van der Waals surface area (Å²) in [5.74, 6) is -1.96. The van der Waals surface area contributed by atoms with Crippen molar-refractivity contribution in [3.63, 3.8) is 0 Å². The Labute approximate surface area is 109 Å². The topological polar surface area (TPSA) is 120 Å². The molecule has 2 aromatic carbocycles. The fourth-order valence-electron chi connectivity index (χ4n) is 2.40. The van der Waals surface area contributed by atoms with Gasteiger partial charge >= 0.3 is 11.4 Å². The van der Waals surface area contributed by atoms with E-state index in [4.69, 9.17) is 0 Å². The van der Waals surface area contributed by atoms with Crippen LogP contribution in [0.5, 0.6) is 0 Å². The number of hydrogen-bond donors (Lipinski definition) is 0. The molecule has 0 radical (unpaired) electrons. The van der Waals surface area contributed by atoms with Gasteiger partial charge in [-0.15, -0.1) is 0 Å². The van der Waals surface area contributed by atoms with Gasteiger partial charge in [0.15, 0.2) is 0 Å². The zero-order valence-electron chi connectivity index (χ0n) is 9.65. The number of ketones is 2. The Morgan fingerprint density at radius 3 is 2.25 bits per heavy atom. The highest BCUT2D eigenvalue weighted by Crippen LogP contribution is 2.42.